The average Bonchev–Trinajstić information content (AvgIpc) is 2.47. The van der Waals surface area contributed by atoms with Crippen LogP contribution < -0.4 is 5.32 Å². The molecule has 1 radical (unpaired) electrons. The molecule has 0 fully saturated rings. The van der Waals surface area contributed by atoms with E-state index in [0.717, 1.165) is 22.1 Å². The van der Waals surface area contributed by atoms with Crippen molar-refractivity contribution in [2.75, 3.05) is 18.6 Å². The highest BCUT2D eigenvalue weighted by Crippen LogP contribution is 2.38. The van der Waals surface area contributed by atoms with E-state index in [4.69, 9.17) is 0 Å². The van der Waals surface area contributed by atoms with Gasteiger partial charge in [0.1, 0.15) is 0 Å². The molecule has 21 heavy (non-hydrogen) atoms. The monoisotopic (exact) mass is 335 g/mol. The third-order valence-corrected chi connectivity index (χ3v) is 6.00. The van der Waals surface area contributed by atoms with Crippen molar-refractivity contribution in [1.82, 2.24) is 10.4 Å². The third kappa shape index (κ3) is 4.70. The van der Waals surface area contributed by atoms with E-state index in [1.54, 1.807) is 33.8 Å². The molecular weight excluding hydrogens is 312 g/mol. The van der Waals surface area contributed by atoms with Crippen molar-refractivity contribution in [1.29, 1.82) is 0 Å². The molecule has 0 unspecified atom stereocenters. The zero-order valence-corrected chi connectivity index (χ0v) is 14.7. The molecule has 1 heterocycles. The van der Waals surface area contributed by atoms with Crippen LogP contribution in [0.15, 0.2) is 11.6 Å². The molecule has 0 saturated heterocycles. The standard InChI is InChI=1S/C13H23N2O4S2/c1-12(2)9-10(13(3,4)15(12)17)11(16)14-7-6-8-20-21(5,18)19/h9H,6-8H2,1-5H3,(H,14,16). The lowest BCUT2D eigenvalue weighted by Gasteiger charge is -2.33. The van der Waals surface area contributed by atoms with Crippen molar-refractivity contribution >= 4 is 25.6 Å². The highest BCUT2D eigenvalue weighted by Gasteiger charge is 2.48. The fourth-order valence-corrected chi connectivity index (χ4v) is 4.17. The van der Waals surface area contributed by atoms with Crippen LogP contribution in [0.1, 0.15) is 34.1 Å². The van der Waals surface area contributed by atoms with Crippen LogP contribution in [0.25, 0.3) is 0 Å². The Kier molecular flexibility index (Phi) is 5.52. The summed E-state index contributed by atoms with van der Waals surface area (Å²) in [6.07, 6.45) is 3.41. The van der Waals surface area contributed by atoms with Gasteiger partial charge in [-0.1, -0.05) is 6.08 Å². The molecule has 0 aromatic heterocycles. The minimum Gasteiger partial charge on any atom is -0.352 e. The van der Waals surface area contributed by atoms with E-state index in [0.29, 0.717) is 24.3 Å². The number of hydrogen-bond acceptors (Lipinski definition) is 5. The van der Waals surface area contributed by atoms with Gasteiger partial charge in [-0.05, 0) is 44.9 Å². The summed E-state index contributed by atoms with van der Waals surface area (Å²) < 4.78 is 21.9. The number of carbonyl (C=O) groups excluding carboxylic acids is 1. The zero-order valence-electron chi connectivity index (χ0n) is 13.1. The number of rotatable bonds is 6. The lowest BCUT2D eigenvalue weighted by molar-refractivity contribution is -0.238. The number of nitrogens with one attached hydrogen (secondary N) is 1. The second-order valence-electron chi connectivity index (χ2n) is 6.20. The van der Waals surface area contributed by atoms with Gasteiger partial charge in [0.15, 0.2) is 8.87 Å². The van der Waals surface area contributed by atoms with Crippen LogP contribution in [-0.4, -0.2) is 49.0 Å². The summed E-state index contributed by atoms with van der Waals surface area (Å²) in [6, 6.07) is 0. The predicted octanol–water partition coefficient (Wildman–Crippen LogP) is 1.33. The van der Waals surface area contributed by atoms with E-state index >= 15 is 0 Å². The van der Waals surface area contributed by atoms with Crippen molar-refractivity contribution < 1.29 is 18.4 Å². The topological polar surface area (TPSA) is 86.4 Å². The molecule has 1 aliphatic rings. The van der Waals surface area contributed by atoms with Gasteiger partial charge in [-0.15, -0.1) is 10.3 Å². The maximum Gasteiger partial charge on any atom is 0.248 e. The molecule has 0 aromatic rings. The molecule has 1 rings (SSSR count). The van der Waals surface area contributed by atoms with Crippen LogP contribution >= 0.6 is 10.8 Å². The summed E-state index contributed by atoms with van der Waals surface area (Å²) in [5.41, 5.74) is -1.12. The second-order valence-corrected chi connectivity index (χ2v) is 10.8. The molecule has 0 aromatic carbocycles. The molecule has 8 heteroatoms. The van der Waals surface area contributed by atoms with Crippen molar-refractivity contribution in [2.45, 2.75) is 45.2 Å². The van der Waals surface area contributed by atoms with E-state index < -0.39 is 19.9 Å². The number of hydrogen-bond donors (Lipinski definition) is 1. The molecule has 0 atom stereocenters. The maximum atomic E-state index is 12.2. The SMILES string of the molecule is CC1(C)C=C(C(=O)NCCCSS(C)(=O)=O)C(C)(C)N1[O]. The van der Waals surface area contributed by atoms with E-state index in [-0.39, 0.29) is 5.91 Å². The highest BCUT2D eigenvalue weighted by molar-refractivity contribution is 8.71. The largest absolute Gasteiger partial charge is 0.352 e. The molecule has 121 valence electrons. The van der Waals surface area contributed by atoms with Gasteiger partial charge in [0.05, 0.1) is 11.1 Å². The summed E-state index contributed by atoms with van der Waals surface area (Å²) in [7, 11) is -2.17. The molecule has 0 spiro atoms. The fraction of sp³-hybridized carbons (Fsp3) is 0.769. The summed E-state index contributed by atoms with van der Waals surface area (Å²) in [5, 5.41) is 15.8. The van der Waals surface area contributed by atoms with E-state index in [1.807, 2.05) is 0 Å². The Morgan fingerprint density at radius 1 is 1.33 bits per heavy atom. The third-order valence-electron chi connectivity index (χ3n) is 3.34. The van der Waals surface area contributed by atoms with Crippen molar-refractivity contribution in [3.63, 3.8) is 0 Å². The van der Waals surface area contributed by atoms with Gasteiger partial charge in [-0.3, -0.25) is 4.79 Å². The Morgan fingerprint density at radius 2 is 1.90 bits per heavy atom. The van der Waals surface area contributed by atoms with E-state index in [1.165, 1.54) is 0 Å². The molecule has 1 aliphatic heterocycles. The molecule has 6 nitrogen and oxygen atoms in total. The van der Waals surface area contributed by atoms with Crippen LogP contribution in [0, 0.1) is 0 Å². The minimum atomic E-state index is -3.04. The lowest BCUT2D eigenvalue weighted by Crippen LogP contribution is -2.48. The molecular formula is C13H23N2O4S2. The predicted molar refractivity (Wildman–Crippen MR) is 83.7 cm³/mol. The Hall–Kier alpha value is -0.570. The van der Waals surface area contributed by atoms with Gasteiger partial charge in [0, 0.05) is 24.1 Å². The van der Waals surface area contributed by atoms with Crippen LogP contribution in [-0.2, 0) is 18.9 Å². The molecule has 0 saturated carbocycles. The van der Waals surface area contributed by atoms with Crippen LogP contribution in [0.3, 0.4) is 0 Å². The zero-order chi connectivity index (χ0) is 16.5. The number of hydroxylamine groups is 2. The Labute approximate surface area is 130 Å². The first-order valence-electron chi connectivity index (χ1n) is 6.71. The quantitative estimate of drug-likeness (QED) is 0.584. The fourth-order valence-electron chi connectivity index (χ4n) is 2.34. The molecule has 0 bridgehead atoms. The first-order chi connectivity index (χ1) is 9.38. The van der Waals surface area contributed by atoms with E-state index in [9.17, 15) is 18.4 Å². The van der Waals surface area contributed by atoms with Gasteiger partial charge in [0.25, 0.3) is 0 Å². The van der Waals surface area contributed by atoms with Crippen LogP contribution in [0.2, 0.25) is 0 Å². The van der Waals surface area contributed by atoms with Gasteiger partial charge in [-0.2, -0.15) is 0 Å². The average molecular weight is 335 g/mol. The van der Waals surface area contributed by atoms with Gasteiger partial charge >= 0.3 is 0 Å². The Bertz CT molecular complexity index is 538. The molecule has 1 amide bonds. The minimum absolute atomic E-state index is 0.268. The smallest absolute Gasteiger partial charge is 0.248 e. The lowest BCUT2D eigenvalue weighted by atomic mass is 9.96. The van der Waals surface area contributed by atoms with Crippen molar-refractivity contribution in [2.24, 2.45) is 0 Å². The van der Waals surface area contributed by atoms with Crippen molar-refractivity contribution in [3.05, 3.63) is 11.6 Å². The highest BCUT2D eigenvalue weighted by atomic mass is 33.1. The maximum absolute atomic E-state index is 12.2. The number of amides is 1. The van der Waals surface area contributed by atoms with Crippen LogP contribution in [0.5, 0.6) is 0 Å². The summed E-state index contributed by atoms with van der Waals surface area (Å²) in [4.78, 5) is 12.2. The second kappa shape index (κ2) is 6.28. The Balaban J connectivity index is 2.53. The summed E-state index contributed by atoms with van der Waals surface area (Å²) in [5.74, 6) is 0.163. The molecule has 1 N–H and O–H groups in total. The normalized spacial score (nSPS) is 21.1. The van der Waals surface area contributed by atoms with Gasteiger partial charge in [-0.25, -0.2) is 8.42 Å². The van der Waals surface area contributed by atoms with Crippen molar-refractivity contribution in [3.8, 4) is 0 Å². The number of nitrogens with zero attached hydrogens (tertiary/aromatic N) is 1. The van der Waals surface area contributed by atoms with E-state index in [2.05, 4.69) is 5.32 Å². The number of carbonyl (C=O) groups is 1. The van der Waals surface area contributed by atoms with Crippen LogP contribution in [0.4, 0.5) is 0 Å². The summed E-state index contributed by atoms with van der Waals surface area (Å²) in [6.45, 7) is 7.36. The first kappa shape index (κ1) is 18.5. The summed E-state index contributed by atoms with van der Waals surface area (Å²) >= 11 is 0. The van der Waals surface area contributed by atoms with Gasteiger partial charge < -0.3 is 5.32 Å². The van der Waals surface area contributed by atoms with Gasteiger partial charge in [0.2, 0.25) is 5.91 Å². The Morgan fingerprint density at radius 3 is 2.33 bits per heavy atom. The molecule has 0 aliphatic carbocycles. The first-order valence-corrected chi connectivity index (χ1v) is 10.1.